The number of halogens is 1. The van der Waals surface area contributed by atoms with Crippen LogP contribution < -0.4 is 9.60 Å². The van der Waals surface area contributed by atoms with Crippen LogP contribution in [0, 0.1) is 0 Å². The molecule has 0 atom stereocenters. The van der Waals surface area contributed by atoms with Gasteiger partial charge < -0.3 is 0 Å². The molecule has 5 nitrogen and oxygen atoms in total. The van der Waals surface area contributed by atoms with Gasteiger partial charge in [0.1, 0.15) is 0 Å². The molecule has 0 aliphatic carbocycles. The molecule has 0 amide bonds. The van der Waals surface area contributed by atoms with Crippen molar-refractivity contribution in [2.45, 2.75) is 24.8 Å². The highest BCUT2D eigenvalue weighted by Crippen LogP contribution is 2.24. The molecule has 3 aromatic rings. The van der Waals surface area contributed by atoms with E-state index in [1.807, 2.05) is 6.92 Å². The van der Waals surface area contributed by atoms with E-state index in [0.717, 1.165) is 23.3 Å². The van der Waals surface area contributed by atoms with E-state index in [9.17, 15) is 13.2 Å². The summed E-state index contributed by atoms with van der Waals surface area (Å²) >= 11 is 6.86. The molecule has 0 aliphatic rings. The maximum absolute atomic E-state index is 12.5. The molecule has 3 rings (SSSR count). The van der Waals surface area contributed by atoms with Crippen LogP contribution in [0.1, 0.15) is 13.3 Å². The lowest BCUT2D eigenvalue weighted by Gasteiger charge is -2.08. The first-order valence-electron chi connectivity index (χ1n) is 7.32. The Balaban J connectivity index is 1.99. The van der Waals surface area contributed by atoms with Crippen molar-refractivity contribution in [3.8, 4) is 0 Å². The van der Waals surface area contributed by atoms with E-state index in [1.165, 1.54) is 12.1 Å². The summed E-state index contributed by atoms with van der Waals surface area (Å²) in [5.41, 5.74) is 1.19. The van der Waals surface area contributed by atoms with Gasteiger partial charge in [-0.2, -0.15) is 0 Å². The fourth-order valence-electron chi connectivity index (χ4n) is 2.38. The van der Waals surface area contributed by atoms with Crippen molar-refractivity contribution in [3.63, 3.8) is 0 Å². The third-order valence-electron chi connectivity index (χ3n) is 3.49. The second kappa shape index (κ2) is 6.58. The number of hydrogen-bond acceptors (Lipinski definition) is 4. The highest BCUT2D eigenvalue weighted by atomic mass is 35.5. The molecule has 24 heavy (non-hydrogen) atoms. The number of fused-ring (bicyclic) bond motifs is 1. The normalized spacial score (nSPS) is 11.8. The lowest BCUT2D eigenvalue weighted by Crippen LogP contribution is -2.13. The number of aromatic nitrogens is 1. The van der Waals surface area contributed by atoms with Gasteiger partial charge in [-0.3, -0.25) is 14.1 Å². The van der Waals surface area contributed by atoms with Crippen LogP contribution in [0.2, 0.25) is 5.02 Å². The Hall–Kier alpha value is -1.83. The van der Waals surface area contributed by atoms with Crippen LogP contribution in [0.3, 0.4) is 0 Å². The molecule has 1 aromatic heterocycles. The second-order valence-electron chi connectivity index (χ2n) is 5.26. The fourth-order valence-corrected chi connectivity index (χ4v) is 4.62. The Morgan fingerprint density at radius 3 is 2.54 bits per heavy atom. The number of nitrogens with zero attached hydrogens (tertiary/aromatic N) is 1. The van der Waals surface area contributed by atoms with E-state index in [-0.39, 0.29) is 9.77 Å². The van der Waals surface area contributed by atoms with Crippen LogP contribution in [-0.4, -0.2) is 13.0 Å². The van der Waals surface area contributed by atoms with E-state index in [2.05, 4.69) is 4.72 Å². The lowest BCUT2D eigenvalue weighted by molar-refractivity contribution is 0.601. The zero-order valence-electron chi connectivity index (χ0n) is 12.8. The smallest absolute Gasteiger partial charge is 0.299 e. The van der Waals surface area contributed by atoms with Crippen molar-refractivity contribution in [1.82, 2.24) is 4.57 Å². The Labute approximate surface area is 148 Å². The molecule has 0 aliphatic heterocycles. The van der Waals surface area contributed by atoms with Gasteiger partial charge in [-0.15, -0.1) is 0 Å². The van der Waals surface area contributed by atoms with Crippen molar-refractivity contribution in [2.75, 3.05) is 4.72 Å². The summed E-state index contributed by atoms with van der Waals surface area (Å²) in [5.74, 6) is 0. The van der Waals surface area contributed by atoms with Gasteiger partial charge in [0.05, 0.1) is 15.1 Å². The Morgan fingerprint density at radius 1 is 1.17 bits per heavy atom. The quantitative estimate of drug-likeness (QED) is 0.727. The summed E-state index contributed by atoms with van der Waals surface area (Å²) in [6.07, 6.45) is 0.837. The summed E-state index contributed by atoms with van der Waals surface area (Å²) in [4.78, 5) is 12.1. The van der Waals surface area contributed by atoms with Crippen LogP contribution in [0.5, 0.6) is 0 Å². The molecule has 0 radical (unpaired) electrons. The van der Waals surface area contributed by atoms with Gasteiger partial charge in [0.25, 0.3) is 10.0 Å². The molecule has 0 spiro atoms. The first-order chi connectivity index (χ1) is 11.4. The van der Waals surface area contributed by atoms with Gasteiger partial charge in [-0.1, -0.05) is 29.9 Å². The fraction of sp³-hybridized carbons (Fsp3) is 0.188. The Kier molecular flexibility index (Phi) is 4.67. The average Bonchev–Trinajstić information content (AvgIpc) is 2.85. The molecule has 8 heteroatoms. The highest BCUT2D eigenvalue weighted by Gasteiger charge is 2.17. The minimum Gasteiger partial charge on any atom is -0.299 e. The van der Waals surface area contributed by atoms with Gasteiger partial charge in [0.2, 0.25) is 0 Å². The number of benzene rings is 2. The highest BCUT2D eigenvalue weighted by molar-refractivity contribution is 7.92. The van der Waals surface area contributed by atoms with Gasteiger partial charge >= 0.3 is 4.87 Å². The zero-order chi connectivity index (χ0) is 17.3. The summed E-state index contributed by atoms with van der Waals surface area (Å²) in [7, 11) is -3.73. The topological polar surface area (TPSA) is 68.2 Å². The van der Waals surface area contributed by atoms with Crippen molar-refractivity contribution in [2.24, 2.45) is 0 Å². The van der Waals surface area contributed by atoms with Gasteiger partial charge in [0, 0.05) is 17.3 Å². The van der Waals surface area contributed by atoms with Crippen LogP contribution in [0.25, 0.3) is 10.2 Å². The summed E-state index contributed by atoms with van der Waals surface area (Å²) < 4.78 is 29.9. The predicted octanol–water partition coefficient (Wildman–Crippen LogP) is 3.93. The molecule has 0 saturated carbocycles. The molecule has 0 fully saturated rings. The number of sulfonamides is 1. The molecule has 2 aromatic carbocycles. The maximum atomic E-state index is 12.5. The average molecular weight is 383 g/mol. The van der Waals surface area contributed by atoms with Crippen molar-refractivity contribution < 1.29 is 8.42 Å². The molecular formula is C16H15ClN2O3S2. The van der Waals surface area contributed by atoms with Crippen LogP contribution in [-0.2, 0) is 16.6 Å². The molecule has 0 bridgehead atoms. The first-order valence-corrected chi connectivity index (χ1v) is 10.0. The Morgan fingerprint density at radius 2 is 1.88 bits per heavy atom. The van der Waals surface area contributed by atoms with Crippen LogP contribution in [0.4, 0.5) is 5.69 Å². The Bertz CT molecular complexity index is 1040. The number of anilines is 1. The van der Waals surface area contributed by atoms with Crippen molar-refractivity contribution >= 4 is 48.9 Å². The predicted molar refractivity (Wildman–Crippen MR) is 98.6 cm³/mol. The molecule has 0 saturated heterocycles. The van der Waals surface area contributed by atoms with E-state index >= 15 is 0 Å². The van der Waals surface area contributed by atoms with Gasteiger partial charge in [-0.05, 0) is 48.9 Å². The van der Waals surface area contributed by atoms with Crippen LogP contribution in [0.15, 0.2) is 52.2 Å². The van der Waals surface area contributed by atoms with Gasteiger partial charge in [0.15, 0.2) is 0 Å². The molecule has 126 valence electrons. The molecular weight excluding hydrogens is 368 g/mol. The third kappa shape index (κ3) is 3.33. The summed E-state index contributed by atoms with van der Waals surface area (Å²) in [6, 6.07) is 11.1. The second-order valence-corrected chi connectivity index (χ2v) is 8.37. The SMILES string of the molecule is CCCn1c(=O)sc2cc(S(=O)(=O)Nc3ccc(Cl)cc3)ccc21. The van der Waals surface area contributed by atoms with Crippen molar-refractivity contribution in [3.05, 3.63) is 57.2 Å². The lowest BCUT2D eigenvalue weighted by atomic mass is 10.3. The van der Waals surface area contributed by atoms with E-state index in [0.29, 0.717) is 22.0 Å². The van der Waals surface area contributed by atoms with Crippen LogP contribution >= 0.6 is 22.9 Å². The number of thiazole rings is 1. The summed E-state index contributed by atoms with van der Waals surface area (Å²) in [5, 5.41) is 0.529. The first kappa shape index (κ1) is 17.0. The summed E-state index contributed by atoms with van der Waals surface area (Å²) in [6.45, 7) is 2.61. The van der Waals surface area contributed by atoms with E-state index in [4.69, 9.17) is 11.6 Å². The minimum absolute atomic E-state index is 0.0768. The zero-order valence-corrected chi connectivity index (χ0v) is 15.2. The number of aryl methyl sites for hydroxylation is 1. The standard InChI is InChI=1S/C16H15ClN2O3S2/c1-2-9-19-14-8-7-13(10-15(14)23-16(19)20)24(21,22)18-12-5-3-11(17)4-6-12/h3-8,10,18H,2,9H2,1H3. The number of hydrogen-bond donors (Lipinski definition) is 1. The number of nitrogens with one attached hydrogen (secondary N) is 1. The maximum Gasteiger partial charge on any atom is 0.308 e. The van der Waals surface area contributed by atoms with E-state index < -0.39 is 10.0 Å². The largest absolute Gasteiger partial charge is 0.308 e. The molecule has 1 heterocycles. The minimum atomic E-state index is -3.73. The number of rotatable bonds is 5. The van der Waals surface area contributed by atoms with Gasteiger partial charge in [-0.25, -0.2) is 8.42 Å². The van der Waals surface area contributed by atoms with Crippen molar-refractivity contribution in [1.29, 1.82) is 0 Å². The molecule has 1 N–H and O–H groups in total. The monoisotopic (exact) mass is 382 g/mol. The molecule has 0 unspecified atom stereocenters. The third-order valence-corrected chi connectivity index (χ3v) is 6.07. The van der Waals surface area contributed by atoms with E-state index in [1.54, 1.807) is 34.9 Å².